The van der Waals surface area contributed by atoms with Gasteiger partial charge in [0.1, 0.15) is 5.75 Å². The number of aliphatic hydroxyl groups excluding tert-OH is 1. The monoisotopic (exact) mass is 394 g/mol. The zero-order chi connectivity index (χ0) is 20.1. The fourth-order valence-corrected chi connectivity index (χ4v) is 4.16. The van der Waals surface area contributed by atoms with Crippen LogP contribution >= 0.6 is 0 Å². The van der Waals surface area contributed by atoms with Crippen molar-refractivity contribution in [3.8, 4) is 5.75 Å². The van der Waals surface area contributed by atoms with Crippen LogP contribution < -0.4 is 10.1 Å². The van der Waals surface area contributed by atoms with Crippen molar-refractivity contribution in [2.24, 2.45) is 4.99 Å². The Morgan fingerprint density at radius 3 is 2.93 bits per heavy atom. The number of β-amino-alcohol motifs (C(OH)–C–C–N with tert-alkyl or cyclic N) is 1. The molecule has 3 heterocycles. The van der Waals surface area contributed by atoms with Gasteiger partial charge in [0.15, 0.2) is 0 Å². The van der Waals surface area contributed by atoms with Crippen LogP contribution in [-0.4, -0.2) is 60.0 Å². The van der Waals surface area contributed by atoms with Crippen LogP contribution in [0.4, 0.5) is 0 Å². The Hall–Kier alpha value is -2.28. The molecule has 1 saturated heterocycles. The first-order chi connectivity index (χ1) is 14.2. The molecule has 1 fully saturated rings. The average Bonchev–Trinajstić information content (AvgIpc) is 2.78. The second-order valence-electron chi connectivity index (χ2n) is 7.88. The molecule has 4 rings (SSSR count). The Labute approximate surface area is 172 Å². The maximum atomic E-state index is 10.9. The molecule has 2 aliphatic heterocycles. The number of nitrogens with zero attached hydrogens (tertiary/aromatic N) is 3. The van der Waals surface area contributed by atoms with Gasteiger partial charge in [-0.25, -0.2) is 0 Å². The highest BCUT2D eigenvalue weighted by molar-refractivity contribution is 5.87. The normalized spacial score (nSPS) is 19.3. The Morgan fingerprint density at radius 2 is 2.17 bits per heavy atom. The molecule has 1 aromatic carbocycles. The van der Waals surface area contributed by atoms with Crippen molar-refractivity contribution in [1.82, 2.24) is 15.2 Å². The van der Waals surface area contributed by atoms with Crippen molar-refractivity contribution in [2.45, 2.75) is 37.8 Å². The summed E-state index contributed by atoms with van der Waals surface area (Å²) in [4.78, 5) is 11.3. The van der Waals surface area contributed by atoms with E-state index in [0.717, 1.165) is 61.8 Å². The van der Waals surface area contributed by atoms with Crippen LogP contribution in [0.2, 0.25) is 0 Å². The summed E-state index contributed by atoms with van der Waals surface area (Å²) in [5.74, 6) is 0.710. The maximum absolute atomic E-state index is 10.9. The number of aliphatic hydroxyl groups is 1. The smallest absolute Gasteiger partial charge is 0.137 e. The predicted molar refractivity (Wildman–Crippen MR) is 117 cm³/mol. The minimum absolute atomic E-state index is 0.531. The first kappa shape index (κ1) is 20.0. The summed E-state index contributed by atoms with van der Waals surface area (Å²) in [7, 11) is 1.64. The molecule has 0 aliphatic carbocycles. The number of pyridine rings is 1. The van der Waals surface area contributed by atoms with Gasteiger partial charge in [0.25, 0.3) is 0 Å². The summed E-state index contributed by atoms with van der Waals surface area (Å²) in [5.41, 5.74) is 3.05. The summed E-state index contributed by atoms with van der Waals surface area (Å²) >= 11 is 0. The van der Waals surface area contributed by atoms with Crippen molar-refractivity contribution in [3.63, 3.8) is 0 Å². The van der Waals surface area contributed by atoms with Gasteiger partial charge in [-0.2, -0.15) is 0 Å². The second kappa shape index (κ2) is 9.48. The number of aromatic nitrogens is 1. The average molecular weight is 395 g/mol. The van der Waals surface area contributed by atoms with Gasteiger partial charge in [0.05, 0.1) is 24.9 Å². The number of piperidine rings is 1. The number of rotatable bonds is 7. The first-order valence-electron chi connectivity index (χ1n) is 10.5. The van der Waals surface area contributed by atoms with E-state index in [9.17, 15) is 5.11 Å². The van der Waals surface area contributed by atoms with E-state index in [0.29, 0.717) is 18.3 Å². The van der Waals surface area contributed by atoms with E-state index in [4.69, 9.17) is 4.74 Å². The van der Waals surface area contributed by atoms with Crippen molar-refractivity contribution < 1.29 is 9.84 Å². The number of nitrogens with one attached hydrogen (secondary N) is 1. The number of allylic oxidation sites excluding steroid dienone is 1. The molecule has 6 heteroatoms. The predicted octanol–water partition coefficient (Wildman–Crippen LogP) is 3.08. The van der Waals surface area contributed by atoms with Crippen LogP contribution in [0.15, 0.2) is 47.7 Å². The summed E-state index contributed by atoms with van der Waals surface area (Å²) in [5, 5.41) is 15.5. The molecule has 0 spiro atoms. The molecule has 1 aromatic heterocycles. The van der Waals surface area contributed by atoms with Crippen LogP contribution in [-0.2, 0) is 0 Å². The zero-order valence-corrected chi connectivity index (χ0v) is 17.1. The Balaban J connectivity index is 1.32. The first-order valence-corrected chi connectivity index (χ1v) is 10.5. The van der Waals surface area contributed by atoms with Gasteiger partial charge in [0, 0.05) is 36.4 Å². The molecule has 0 amide bonds. The number of fused-ring (bicyclic) bond motifs is 1. The van der Waals surface area contributed by atoms with Crippen molar-refractivity contribution in [3.05, 3.63) is 48.3 Å². The molecule has 1 unspecified atom stereocenters. The minimum Gasteiger partial charge on any atom is -0.495 e. The summed E-state index contributed by atoms with van der Waals surface area (Å²) < 4.78 is 5.31. The maximum Gasteiger partial charge on any atom is 0.137 e. The molecular weight excluding hydrogens is 364 g/mol. The highest BCUT2D eigenvalue weighted by atomic mass is 16.5. The molecule has 0 saturated carbocycles. The molecule has 154 valence electrons. The van der Waals surface area contributed by atoms with Crippen molar-refractivity contribution in [1.29, 1.82) is 0 Å². The van der Waals surface area contributed by atoms with Crippen LogP contribution in [0.3, 0.4) is 0 Å². The molecule has 1 atom stereocenters. The van der Waals surface area contributed by atoms with E-state index in [1.807, 2.05) is 30.5 Å². The number of aliphatic imine (C=N–C) groups is 1. The van der Waals surface area contributed by atoms with Crippen LogP contribution in [0.5, 0.6) is 5.75 Å². The lowest BCUT2D eigenvalue weighted by Crippen LogP contribution is -2.45. The van der Waals surface area contributed by atoms with E-state index < -0.39 is 6.10 Å². The molecule has 0 radical (unpaired) electrons. The fraction of sp³-hybridized carbons (Fsp3) is 0.478. The summed E-state index contributed by atoms with van der Waals surface area (Å²) in [6, 6.07) is 8.40. The molecular formula is C23H30N4O2. The SMILES string of the molecule is COc1cnc2cccc(C(O)CN3CCC(NCC4=NC=CCC4)CC3)c2c1. The lowest BCUT2D eigenvalue weighted by Gasteiger charge is -2.34. The Morgan fingerprint density at radius 1 is 1.31 bits per heavy atom. The third-order valence-corrected chi connectivity index (χ3v) is 5.90. The molecule has 2 aromatic rings. The Kier molecular flexibility index (Phi) is 6.54. The molecule has 2 aliphatic rings. The lowest BCUT2D eigenvalue weighted by atomic mass is 10.0. The highest BCUT2D eigenvalue weighted by Gasteiger charge is 2.22. The minimum atomic E-state index is -0.541. The number of hydrogen-bond donors (Lipinski definition) is 2. The number of hydrogen-bond acceptors (Lipinski definition) is 6. The molecule has 6 nitrogen and oxygen atoms in total. The summed E-state index contributed by atoms with van der Waals surface area (Å²) in [6.45, 7) is 3.52. The molecule has 2 N–H and O–H groups in total. The lowest BCUT2D eigenvalue weighted by molar-refractivity contribution is 0.0956. The van der Waals surface area contributed by atoms with E-state index in [-0.39, 0.29) is 0 Å². The van der Waals surface area contributed by atoms with Crippen molar-refractivity contribution in [2.75, 3.05) is 33.3 Å². The van der Waals surface area contributed by atoms with Crippen LogP contribution in [0, 0.1) is 0 Å². The number of likely N-dealkylation sites (tertiary alicyclic amines) is 1. The van der Waals surface area contributed by atoms with Gasteiger partial charge in [-0.15, -0.1) is 0 Å². The quantitative estimate of drug-likeness (QED) is 0.755. The standard InChI is InChI=1S/C23H30N4O2/c1-29-19-13-21-20(6-4-7-22(21)26-15-19)23(28)16-27-11-8-17(9-12-27)25-14-18-5-2-3-10-24-18/h3-4,6-7,10,13,15,17,23,25,28H,2,5,8-9,11-12,14,16H2,1H3. The van der Waals surface area contributed by atoms with Gasteiger partial charge in [-0.05, 0) is 56.5 Å². The van der Waals surface area contributed by atoms with Gasteiger partial charge < -0.3 is 20.1 Å². The topological polar surface area (TPSA) is 70.0 Å². The van der Waals surface area contributed by atoms with E-state index in [1.54, 1.807) is 13.3 Å². The number of benzene rings is 1. The molecule has 0 bridgehead atoms. The van der Waals surface area contributed by atoms with Crippen LogP contribution in [0.1, 0.15) is 37.4 Å². The third-order valence-electron chi connectivity index (χ3n) is 5.90. The van der Waals surface area contributed by atoms with Gasteiger partial charge in [0.2, 0.25) is 0 Å². The second-order valence-corrected chi connectivity index (χ2v) is 7.88. The van der Waals surface area contributed by atoms with Crippen LogP contribution in [0.25, 0.3) is 10.9 Å². The highest BCUT2D eigenvalue weighted by Crippen LogP contribution is 2.27. The largest absolute Gasteiger partial charge is 0.495 e. The third kappa shape index (κ3) is 5.01. The van der Waals surface area contributed by atoms with E-state index >= 15 is 0 Å². The van der Waals surface area contributed by atoms with Gasteiger partial charge in [-0.1, -0.05) is 18.2 Å². The van der Waals surface area contributed by atoms with E-state index in [2.05, 4.69) is 26.3 Å². The van der Waals surface area contributed by atoms with E-state index in [1.165, 1.54) is 5.71 Å². The van der Waals surface area contributed by atoms with Crippen molar-refractivity contribution >= 4 is 16.6 Å². The van der Waals surface area contributed by atoms with Gasteiger partial charge in [-0.3, -0.25) is 9.98 Å². The molecule has 29 heavy (non-hydrogen) atoms. The Bertz CT molecular complexity index is 888. The number of methoxy groups -OCH3 is 1. The zero-order valence-electron chi connectivity index (χ0n) is 17.1. The van der Waals surface area contributed by atoms with Gasteiger partial charge >= 0.3 is 0 Å². The summed E-state index contributed by atoms with van der Waals surface area (Å²) in [6.07, 6.45) is 9.58. The number of ether oxygens (including phenoxy) is 1. The fourth-order valence-electron chi connectivity index (χ4n) is 4.16.